The Morgan fingerprint density at radius 2 is 1.33 bits per heavy atom. The van der Waals surface area contributed by atoms with Crippen molar-refractivity contribution in [3.05, 3.63) is 0 Å². The first kappa shape index (κ1) is 10.4. The minimum absolute atomic E-state index is 1.01. The summed E-state index contributed by atoms with van der Waals surface area (Å²) in [5, 5.41) is 0. The lowest BCUT2D eigenvalue weighted by Crippen LogP contribution is -2.27. The van der Waals surface area contributed by atoms with Crippen LogP contribution in [0.2, 0.25) is 0 Å². The van der Waals surface area contributed by atoms with Crippen molar-refractivity contribution in [1.82, 2.24) is 4.90 Å². The van der Waals surface area contributed by atoms with Crippen LogP contribution >= 0.6 is 12.6 Å². The van der Waals surface area contributed by atoms with E-state index in [1.54, 1.807) is 0 Å². The molecule has 0 aromatic heterocycles. The van der Waals surface area contributed by atoms with Crippen LogP contribution in [0.5, 0.6) is 0 Å². The van der Waals surface area contributed by atoms with Crippen LogP contribution in [-0.4, -0.2) is 30.3 Å². The third kappa shape index (κ3) is 4.36. The van der Waals surface area contributed by atoms with E-state index in [9.17, 15) is 0 Å². The predicted molar refractivity (Wildman–Crippen MR) is 58.0 cm³/mol. The maximum atomic E-state index is 4.28. The summed E-state index contributed by atoms with van der Waals surface area (Å²) in [6, 6.07) is 0. The monoisotopic (exact) mass is 187 g/mol. The molecule has 0 aromatic rings. The van der Waals surface area contributed by atoms with Crippen LogP contribution in [0.25, 0.3) is 0 Å². The number of hydrogen-bond donors (Lipinski definition) is 1. The average molecular weight is 187 g/mol. The Hall–Kier alpha value is 0.310. The zero-order valence-electron chi connectivity index (χ0n) is 7.97. The van der Waals surface area contributed by atoms with E-state index in [1.165, 1.54) is 58.2 Å². The van der Waals surface area contributed by atoms with Gasteiger partial charge in [-0.2, -0.15) is 12.6 Å². The lowest BCUT2D eigenvalue weighted by atomic mass is 10.1. The molecule has 0 spiro atoms. The fourth-order valence-electron chi connectivity index (χ4n) is 1.85. The Morgan fingerprint density at radius 1 is 0.833 bits per heavy atom. The van der Waals surface area contributed by atoms with Crippen molar-refractivity contribution < 1.29 is 0 Å². The maximum absolute atomic E-state index is 4.28. The second-order valence-corrected chi connectivity index (χ2v) is 4.13. The molecular weight excluding hydrogens is 166 g/mol. The van der Waals surface area contributed by atoms with Crippen LogP contribution in [-0.2, 0) is 0 Å². The molecular formula is C10H21NS. The van der Waals surface area contributed by atoms with Gasteiger partial charge in [0.25, 0.3) is 0 Å². The van der Waals surface area contributed by atoms with Gasteiger partial charge in [-0.15, -0.1) is 0 Å². The molecule has 0 saturated carbocycles. The summed E-state index contributed by atoms with van der Waals surface area (Å²) >= 11 is 4.28. The smallest absolute Gasteiger partial charge is 0.00698 e. The summed E-state index contributed by atoms with van der Waals surface area (Å²) in [4.78, 5) is 2.57. The van der Waals surface area contributed by atoms with Gasteiger partial charge >= 0.3 is 0 Å². The van der Waals surface area contributed by atoms with Crippen molar-refractivity contribution in [1.29, 1.82) is 0 Å². The van der Waals surface area contributed by atoms with Crippen LogP contribution in [0.1, 0.15) is 38.5 Å². The zero-order chi connectivity index (χ0) is 8.65. The van der Waals surface area contributed by atoms with E-state index in [0.717, 1.165) is 5.75 Å². The second kappa shape index (κ2) is 6.79. The quantitative estimate of drug-likeness (QED) is 0.650. The van der Waals surface area contributed by atoms with E-state index < -0.39 is 0 Å². The standard InChI is InChI=1S/C10H21NS/c12-10-9-11-7-5-3-1-2-4-6-8-11/h12H,1-10H2. The summed E-state index contributed by atoms with van der Waals surface area (Å²) in [5.41, 5.74) is 0. The molecule has 0 aromatic carbocycles. The molecule has 1 aliphatic heterocycles. The van der Waals surface area contributed by atoms with E-state index in [4.69, 9.17) is 0 Å². The molecule has 12 heavy (non-hydrogen) atoms. The minimum Gasteiger partial charge on any atom is -0.303 e. The van der Waals surface area contributed by atoms with E-state index in [-0.39, 0.29) is 0 Å². The highest BCUT2D eigenvalue weighted by molar-refractivity contribution is 7.80. The highest BCUT2D eigenvalue weighted by Gasteiger charge is 2.05. The van der Waals surface area contributed by atoms with Crippen LogP contribution in [0.15, 0.2) is 0 Å². The number of thiol groups is 1. The lowest BCUT2D eigenvalue weighted by molar-refractivity contribution is 0.285. The molecule has 2 heteroatoms. The SMILES string of the molecule is SCCN1CCCCCCCC1. The van der Waals surface area contributed by atoms with Crippen LogP contribution < -0.4 is 0 Å². The van der Waals surface area contributed by atoms with E-state index in [0.29, 0.717) is 0 Å². The van der Waals surface area contributed by atoms with Crippen LogP contribution in [0, 0.1) is 0 Å². The third-order valence-corrected chi connectivity index (χ3v) is 2.81. The van der Waals surface area contributed by atoms with Gasteiger partial charge in [0.05, 0.1) is 0 Å². The van der Waals surface area contributed by atoms with Gasteiger partial charge < -0.3 is 4.90 Å². The van der Waals surface area contributed by atoms with Gasteiger partial charge in [-0.3, -0.25) is 0 Å². The molecule has 72 valence electrons. The Labute approximate surface area is 81.9 Å². The van der Waals surface area contributed by atoms with E-state index in [2.05, 4.69) is 17.5 Å². The first-order valence-corrected chi connectivity index (χ1v) is 5.90. The van der Waals surface area contributed by atoms with Crippen molar-refractivity contribution >= 4 is 12.6 Å². The fraction of sp³-hybridized carbons (Fsp3) is 1.00. The van der Waals surface area contributed by atoms with E-state index in [1.807, 2.05) is 0 Å². The van der Waals surface area contributed by atoms with Gasteiger partial charge in [0.1, 0.15) is 0 Å². The molecule has 0 bridgehead atoms. The van der Waals surface area contributed by atoms with Crippen molar-refractivity contribution in [2.24, 2.45) is 0 Å². The summed E-state index contributed by atoms with van der Waals surface area (Å²) in [6.45, 7) is 3.80. The third-order valence-electron chi connectivity index (χ3n) is 2.61. The van der Waals surface area contributed by atoms with Gasteiger partial charge in [-0.25, -0.2) is 0 Å². The molecule has 1 saturated heterocycles. The first-order valence-electron chi connectivity index (χ1n) is 5.26. The van der Waals surface area contributed by atoms with Gasteiger partial charge in [0.15, 0.2) is 0 Å². The molecule has 0 radical (unpaired) electrons. The van der Waals surface area contributed by atoms with Crippen LogP contribution in [0.3, 0.4) is 0 Å². The number of rotatable bonds is 2. The molecule has 1 heterocycles. The molecule has 1 nitrogen and oxygen atoms in total. The minimum atomic E-state index is 1.01. The summed E-state index contributed by atoms with van der Waals surface area (Å²) in [5.74, 6) is 1.01. The molecule has 0 amide bonds. The normalized spacial score (nSPS) is 22.8. The molecule has 0 atom stereocenters. The second-order valence-electron chi connectivity index (χ2n) is 3.69. The average Bonchev–Trinajstić information content (AvgIpc) is 2.19. The molecule has 1 fully saturated rings. The predicted octanol–water partition coefficient (Wildman–Crippen LogP) is 2.57. The summed E-state index contributed by atoms with van der Waals surface area (Å²) < 4.78 is 0. The summed E-state index contributed by atoms with van der Waals surface area (Å²) in [7, 11) is 0. The highest BCUT2D eigenvalue weighted by atomic mass is 32.1. The largest absolute Gasteiger partial charge is 0.303 e. The van der Waals surface area contributed by atoms with Crippen molar-refractivity contribution in [3.8, 4) is 0 Å². The van der Waals surface area contributed by atoms with Gasteiger partial charge in [0, 0.05) is 12.3 Å². The summed E-state index contributed by atoms with van der Waals surface area (Å²) in [6.07, 6.45) is 8.57. The Balaban J connectivity index is 2.19. The van der Waals surface area contributed by atoms with Gasteiger partial charge in [0.2, 0.25) is 0 Å². The lowest BCUT2D eigenvalue weighted by Gasteiger charge is -2.19. The highest BCUT2D eigenvalue weighted by Crippen LogP contribution is 2.10. The Morgan fingerprint density at radius 3 is 1.83 bits per heavy atom. The molecule has 0 aliphatic carbocycles. The zero-order valence-corrected chi connectivity index (χ0v) is 8.86. The molecule has 0 unspecified atom stereocenters. The Bertz CT molecular complexity index is 96.0. The van der Waals surface area contributed by atoms with Gasteiger partial charge in [-0.05, 0) is 25.9 Å². The van der Waals surface area contributed by atoms with Crippen molar-refractivity contribution in [3.63, 3.8) is 0 Å². The van der Waals surface area contributed by atoms with Crippen molar-refractivity contribution in [2.45, 2.75) is 38.5 Å². The molecule has 1 rings (SSSR count). The Kier molecular flexibility index (Phi) is 5.88. The van der Waals surface area contributed by atoms with Crippen LogP contribution in [0.4, 0.5) is 0 Å². The first-order chi connectivity index (χ1) is 5.93. The fourth-order valence-corrected chi connectivity index (χ4v) is 2.14. The maximum Gasteiger partial charge on any atom is 0.00698 e. The number of hydrogen-bond acceptors (Lipinski definition) is 2. The number of nitrogens with zero attached hydrogens (tertiary/aromatic N) is 1. The van der Waals surface area contributed by atoms with E-state index >= 15 is 0 Å². The topological polar surface area (TPSA) is 3.24 Å². The van der Waals surface area contributed by atoms with Gasteiger partial charge in [-0.1, -0.05) is 25.7 Å². The molecule has 1 aliphatic rings. The van der Waals surface area contributed by atoms with Crippen molar-refractivity contribution in [2.75, 3.05) is 25.4 Å². The molecule has 0 N–H and O–H groups in total.